The first-order valence-corrected chi connectivity index (χ1v) is 3.46. The molecule has 0 spiro atoms. The van der Waals surface area contributed by atoms with Crippen LogP contribution in [0.4, 0.5) is 0 Å². The van der Waals surface area contributed by atoms with Gasteiger partial charge in [-0.2, -0.15) is 36.4 Å². The smallest absolute Gasteiger partial charge is 0.750 e. The van der Waals surface area contributed by atoms with Crippen molar-refractivity contribution in [1.29, 1.82) is 0 Å². The van der Waals surface area contributed by atoms with Crippen LogP contribution >= 0.6 is 0 Å². The van der Waals surface area contributed by atoms with Crippen LogP contribution in [0.15, 0.2) is 30.3 Å². The van der Waals surface area contributed by atoms with E-state index in [0.29, 0.717) is 0 Å². The SMILES string of the molecule is O=S([O-])O.[Na+].[c-]1ccccc1. The molecule has 1 atom stereocenters. The Morgan fingerprint density at radius 2 is 1.64 bits per heavy atom. The summed E-state index contributed by atoms with van der Waals surface area (Å²) in [7, 11) is 0. The molecular weight excluding hydrogens is 175 g/mol. The molecule has 0 saturated heterocycles. The molecule has 11 heavy (non-hydrogen) atoms. The summed E-state index contributed by atoms with van der Waals surface area (Å²) in [6.07, 6.45) is 0. The van der Waals surface area contributed by atoms with Crippen LogP contribution in [-0.2, 0) is 11.4 Å². The summed E-state index contributed by atoms with van der Waals surface area (Å²) in [4.78, 5) is 0. The molecule has 0 aliphatic heterocycles. The van der Waals surface area contributed by atoms with Gasteiger partial charge in [-0.05, 0) is 0 Å². The quantitative estimate of drug-likeness (QED) is 0.281. The minimum absolute atomic E-state index is 0. The van der Waals surface area contributed by atoms with Gasteiger partial charge in [0.25, 0.3) is 0 Å². The van der Waals surface area contributed by atoms with E-state index in [4.69, 9.17) is 13.3 Å². The topological polar surface area (TPSA) is 60.4 Å². The number of rotatable bonds is 0. The van der Waals surface area contributed by atoms with E-state index in [1.165, 1.54) is 0 Å². The van der Waals surface area contributed by atoms with Crippen molar-refractivity contribution in [2.24, 2.45) is 0 Å². The van der Waals surface area contributed by atoms with Crippen LogP contribution in [0.5, 0.6) is 0 Å². The van der Waals surface area contributed by atoms with Crippen molar-refractivity contribution in [3.63, 3.8) is 0 Å². The maximum absolute atomic E-state index is 8.56. The summed E-state index contributed by atoms with van der Waals surface area (Å²) in [5, 5.41) is 0. The van der Waals surface area contributed by atoms with Crippen LogP contribution in [0.25, 0.3) is 0 Å². The molecule has 0 radical (unpaired) electrons. The summed E-state index contributed by atoms with van der Waals surface area (Å²) in [6, 6.07) is 12.5. The van der Waals surface area contributed by atoms with E-state index < -0.39 is 11.4 Å². The average Bonchev–Trinajstić information content (AvgIpc) is 1.90. The largest absolute Gasteiger partial charge is 1.00 e. The Bertz CT molecular complexity index is 150. The van der Waals surface area contributed by atoms with Crippen LogP contribution in [0.1, 0.15) is 0 Å². The maximum Gasteiger partial charge on any atom is 1.00 e. The summed E-state index contributed by atoms with van der Waals surface area (Å²) in [6.45, 7) is 0. The summed E-state index contributed by atoms with van der Waals surface area (Å²) >= 11 is -2.86. The first-order chi connectivity index (χ1) is 4.73. The number of benzene rings is 1. The molecule has 0 bridgehead atoms. The summed E-state index contributed by atoms with van der Waals surface area (Å²) in [5.74, 6) is 0. The maximum atomic E-state index is 8.56. The third kappa shape index (κ3) is 17.9. The van der Waals surface area contributed by atoms with E-state index in [1.807, 2.05) is 30.3 Å². The van der Waals surface area contributed by atoms with E-state index >= 15 is 0 Å². The van der Waals surface area contributed by atoms with Crippen molar-refractivity contribution in [2.75, 3.05) is 0 Å². The Hall–Kier alpha value is 0.290. The third-order valence-corrected chi connectivity index (χ3v) is 0.607. The molecule has 0 aliphatic carbocycles. The van der Waals surface area contributed by atoms with E-state index in [2.05, 4.69) is 6.07 Å². The predicted molar refractivity (Wildman–Crippen MR) is 36.8 cm³/mol. The van der Waals surface area contributed by atoms with Gasteiger partial charge in [0.2, 0.25) is 0 Å². The standard InChI is InChI=1S/C6H5.Na.H2O3S/c1-2-4-6-5-3-1;;1-4(2)3/h1-5H;;(H2,1,2,3)/q-1;+1;/p-1. The number of hydrogen-bond acceptors (Lipinski definition) is 2. The van der Waals surface area contributed by atoms with Crippen molar-refractivity contribution >= 4 is 11.4 Å². The van der Waals surface area contributed by atoms with Gasteiger partial charge in [-0.1, -0.05) is 0 Å². The molecule has 1 aromatic carbocycles. The van der Waals surface area contributed by atoms with E-state index in [9.17, 15) is 0 Å². The molecule has 0 fully saturated rings. The van der Waals surface area contributed by atoms with Crippen molar-refractivity contribution < 1.29 is 42.9 Å². The molecule has 0 heterocycles. The minimum Gasteiger partial charge on any atom is -0.750 e. The van der Waals surface area contributed by atoms with E-state index in [1.54, 1.807) is 0 Å². The van der Waals surface area contributed by atoms with Crippen LogP contribution in [-0.4, -0.2) is 13.3 Å². The normalized spacial score (nSPS) is 10.0. The van der Waals surface area contributed by atoms with Gasteiger partial charge in [0.15, 0.2) is 0 Å². The molecule has 0 amide bonds. The van der Waals surface area contributed by atoms with Gasteiger partial charge in [-0.3, -0.25) is 0 Å². The van der Waals surface area contributed by atoms with Gasteiger partial charge in [0, 0.05) is 0 Å². The molecule has 1 aromatic rings. The molecule has 0 saturated carbocycles. The monoisotopic (exact) mass is 181 g/mol. The third-order valence-electron chi connectivity index (χ3n) is 0.607. The summed E-state index contributed by atoms with van der Waals surface area (Å²) in [5.41, 5.74) is 0. The second kappa shape index (κ2) is 10.3. The van der Waals surface area contributed by atoms with Gasteiger partial charge in [0.05, 0.1) is 11.4 Å². The van der Waals surface area contributed by atoms with E-state index in [0.717, 1.165) is 0 Å². The zero-order valence-corrected chi connectivity index (χ0v) is 8.88. The van der Waals surface area contributed by atoms with Gasteiger partial charge >= 0.3 is 29.6 Å². The average molecular weight is 181 g/mol. The second-order valence-electron chi connectivity index (χ2n) is 1.29. The van der Waals surface area contributed by atoms with Crippen LogP contribution in [0.2, 0.25) is 0 Å². The molecule has 1 rings (SSSR count). The Morgan fingerprint density at radius 3 is 1.73 bits per heavy atom. The van der Waals surface area contributed by atoms with Gasteiger partial charge < -0.3 is 9.11 Å². The molecule has 3 nitrogen and oxygen atoms in total. The Kier molecular flexibility index (Phi) is 13.0. The van der Waals surface area contributed by atoms with Crippen LogP contribution in [0.3, 0.4) is 0 Å². The Balaban J connectivity index is 0. The Morgan fingerprint density at radius 1 is 1.27 bits per heavy atom. The molecule has 1 unspecified atom stereocenters. The van der Waals surface area contributed by atoms with Crippen molar-refractivity contribution in [1.82, 2.24) is 0 Å². The molecule has 5 heteroatoms. The first kappa shape index (κ1) is 13.9. The first-order valence-electron chi connectivity index (χ1n) is 2.43. The van der Waals surface area contributed by atoms with Crippen molar-refractivity contribution in [3.8, 4) is 0 Å². The predicted octanol–water partition coefficient (Wildman–Crippen LogP) is -2.17. The van der Waals surface area contributed by atoms with Gasteiger partial charge in [-0.25, -0.2) is 4.21 Å². The fourth-order valence-corrected chi connectivity index (χ4v) is 0.342. The minimum atomic E-state index is -2.86. The zero-order chi connectivity index (χ0) is 7.82. The Labute approximate surface area is 90.2 Å². The molecule has 56 valence electrons. The fraction of sp³-hybridized carbons (Fsp3) is 0. The molecule has 0 aliphatic rings. The second-order valence-corrected chi connectivity index (χ2v) is 1.73. The number of hydrogen-bond donors (Lipinski definition) is 1. The van der Waals surface area contributed by atoms with Crippen molar-refractivity contribution in [2.45, 2.75) is 0 Å². The van der Waals surface area contributed by atoms with Crippen LogP contribution in [0, 0.1) is 6.07 Å². The molecule has 0 aromatic heterocycles. The summed E-state index contributed by atoms with van der Waals surface area (Å²) < 4.78 is 24.1. The molecular formula is C6H6NaO3S-. The molecule has 1 N–H and O–H groups in total. The zero-order valence-electron chi connectivity index (χ0n) is 6.06. The van der Waals surface area contributed by atoms with E-state index in [-0.39, 0.29) is 29.6 Å². The van der Waals surface area contributed by atoms with Crippen molar-refractivity contribution in [3.05, 3.63) is 36.4 Å². The van der Waals surface area contributed by atoms with Gasteiger partial charge in [0.1, 0.15) is 0 Å². The van der Waals surface area contributed by atoms with Crippen LogP contribution < -0.4 is 29.6 Å². The fourth-order valence-electron chi connectivity index (χ4n) is 0.342. The van der Waals surface area contributed by atoms with Gasteiger partial charge in [-0.15, -0.1) is 0 Å².